The van der Waals surface area contributed by atoms with Crippen LogP contribution >= 0.6 is 15.9 Å². The molecule has 1 N–H and O–H groups in total. The van der Waals surface area contributed by atoms with Gasteiger partial charge < -0.3 is 9.64 Å². The van der Waals surface area contributed by atoms with Crippen molar-refractivity contribution in [3.05, 3.63) is 59.1 Å². The number of piperidine rings is 1. The first-order valence-corrected chi connectivity index (χ1v) is 11.0. The van der Waals surface area contributed by atoms with Gasteiger partial charge in [-0.25, -0.2) is 17.9 Å². The molecule has 1 amide bonds. The number of hydrogen-bond acceptors (Lipinski definition) is 4. The molecule has 3 rings (SSSR count). The smallest absolute Gasteiger partial charge is 0.410 e. The molecule has 1 saturated heterocycles. The first-order valence-electron chi connectivity index (χ1n) is 8.71. The zero-order chi connectivity index (χ0) is 19.3. The summed E-state index contributed by atoms with van der Waals surface area (Å²) in [4.78, 5) is 14.1. The molecule has 1 aliphatic rings. The fraction of sp³-hybridized carbons (Fsp3) is 0.316. The average molecular weight is 453 g/mol. The molecule has 1 heterocycles. The van der Waals surface area contributed by atoms with Gasteiger partial charge in [-0.3, -0.25) is 0 Å². The minimum absolute atomic E-state index is 0.191. The lowest BCUT2D eigenvalue weighted by Crippen LogP contribution is -2.42. The van der Waals surface area contributed by atoms with Crippen LogP contribution in [0.25, 0.3) is 0 Å². The van der Waals surface area contributed by atoms with Crippen LogP contribution in [0.3, 0.4) is 0 Å². The number of rotatable bonds is 5. The van der Waals surface area contributed by atoms with E-state index in [1.807, 2.05) is 18.2 Å². The van der Waals surface area contributed by atoms with Gasteiger partial charge >= 0.3 is 6.09 Å². The van der Waals surface area contributed by atoms with E-state index in [1.54, 1.807) is 41.3 Å². The number of nitrogens with zero attached hydrogens (tertiary/aromatic N) is 1. The molecule has 0 bridgehead atoms. The van der Waals surface area contributed by atoms with Gasteiger partial charge in [-0.15, -0.1) is 0 Å². The normalized spacial score (nSPS) is 15.5. The van der Waals surface area contributed by atoms with E-state index in [0.29, 0.717) is 25.4 Å². The first kappa shape index (κ1) is 19.9. The van der Waals surface area contributed by atoms with Gasteiger partial charge in [0.05, 0.1) is 4.90 Å². The maximum Gasteiger partial charge on any atom is 0.415 e. The van der Waals surface area contributed by atoms with Gasteiger partial charge in [0.1, 0.15) is 5.75 Å². The topological polar surface area (TPSA) is 75.7 Å². The Morgan fingerprint density at radius 1 is 1.07 bits per heavy atom. The van der Waals surface area contributed by atoms with Crippen molar-refractivity contribution in [2.75, 3.05) is 19.6 Å². The maximum absolute atomic E-state index is 12.4. The lowest BCUT2D eigenvalue weighted by atomic mass is 9.97. The highest BCUT2D eigenvalue weighted by Gasteiger charge is 2.25. The van der Waals surface area contributed by atoms with E-state index < -0.39 is 10.0 Å². The number of halogens is 1. The molecule has 1 fully saturated rings. The number of ether oxygens (including phenoxy) is 1. The molecular weight excluding hydrogens is 432 g/mol. The number of sulfonamides is 1. The van der Waals surface area contributed by atoms with Crippen LogP contribution in [-0.2, 0) is 10.0 Å². The van der Waals surface area contributed by atoms with Crippen molar-refractivity contribution >= 4 is 32.0 Å². The van der Waals surface area contributed by atoms with E-state index in [1.165, 1.54) is 0 Å². The Labute approximate surface area is 167 Å². The molecule has 0 spiro atoms. The third kappa shape index (κ3) is 5.54. The zero-order valence-electron chi connectivity index (χ0n) is 14.7. The average Bonchev–Trinajstić information content (AvgIpc) is 2.68. The predicted molar refractivity (Wildman–Crippen MR) is 106 cm³/mol. The summed E-state index contributed by atoms with van der Waals surface area (Å²) in [6, 6.07) is 15.5. The zero-order valence-corrected chi connectivity index (χ0v) is 17.1. The highest BCUT2D eigenvalue weighted by atomic mass is 79.9. The fourth-order valence-corrected chi connectivity index (χ4v) is 4.28. The second-order valence-electron chi connectivity index (χ2n) is 6.42. The number of benzene rings is 2. The van der Waals surface area contributed by atoms with Crippen molar-refractivity contribution in [2.24, 2.45) is 5.92 Å². The highest BCUT2D eigenvalue weighted by molar-refractivity contribution is 9.10. The second-order valence-corrected chi connectivity index (χ2v) is 9.10. The monoisotopic (exact) mass is 452 g/mol. The molecule has 0 aromatic heterocycles. The van der Waals surface area contributed by atoms with E-state index in [4.69, 9.17) is 4.74 Å². The summed E-state index contributed by atoms with van der Waals surface area (Å²) in [5.41, 5.74) is 0. The SMILES string of the molecule is O=C(Oc1ccccc1)N1CCC(CNS(=O)(=O)c2ccc(Br)cc2)CC1. The summed E-state index contributed by atoms with van der Waals surface area (Å²) in [6.45, 7) is 1.46. The molecule has 6 nitrogen and oxygen atoms in total. The van der Waals surface area contributed by atoms with Crippen molar-refractivity contribution in [3.8, 4) is 5.75 Å². The Kier molecular flexibility index (Phi) is 6.51. The molecule has 0 aliphatic carbocycles. The summed E-state index contributed by atoms with van der Waals surface area (Å²) < 4.78 is 33.5. The van der Waals surface area contributed by atoms with Crippen LogP contribution in [0.15, 0.2) is 64.0 Å². The Balaban J connectivity index is 1.46. The number of para-hydroxylation sites is 1. The summed E-state index contributed by atoms with van der Waals surface area (Å²) in [6.07, 6.45) is 1.09. The quantitative estimate of drug-likeness (QED) is 0.750. The van der Waals surface area contributed by atoms with Gasteiger partial charge in [-0.05, 0) is 55.2 Å². The van der Waals surface area contributed by atoms with Crippen LogP contribution in [0.1, 0.15) is 12.8 Å². The molecule has 144 valence electrons. The summed E-state index contributed by atoms with van der Waals surface area (Å²) >= 11 is 3.29. The molecule has 0 saturated carbocycles. The Morgan fingerprint density at radius 2 is 1.70 bits per heavy atom. The molecule has 27 heavy (non-hydrogen) atoms. The Bertz CT molecular complexity index is 864. The molecule has 8 heteroatoms. The largest absolute Gasteiger partial charge is 0.415 e. The fourth-order valence-electron chi connectivity index (χ4n) is 2.90. The minimum Gasteiger partial charge on any atom is -0.410 e. The Hall–Kier alpha value is -1.90. The molecule has 2 aromatic rings. The lowest BCUT2D eigenvalue weighted by molar-refractivity contribution is 0.131. The maximum atomic E-state index is 12.4. The number of amides is 1. The van der Waals surface area contributed by atoms with Crippen LogP contribution in [0.4, 0.5) is 4.79 Å². The number of carbonyl (C=O) groups excluding carboxylic acids is 1. The van der Waals surface area contributed by atoms with Crippen LogP contribution in [0.5, 0.6) is 5.75 Å². The minimum atomic E-state index is -3.52. The summed E-state index contributed by atoms with van der Waals surface area (Å²) in [5, 5.41) is 0. The standard InChI is InChI=1S/C19H21BrN2O4S/c20-16-6-8-18(9-7-16)27(24,25)21-14-15-10-12-22(13-11-15)19(23)26-17-4-2-1-3-5-17/h1-9,15,21H,10-14H2. The number of hydrogen-bond donors (Lipinski definition) is 1. The highest BCUT2D eigenvalue weighted by Crippen LogP contribution is 2.20. The lowest BCUT2D eigenvalue weighted by Gasteiger charge is -2.31. The number of nitrogens with one attached hydrogen (secondary N) is 1. The summed E-state index contributed by atoms with van der Waals surface area (Å²) in [5.74, 6) is 0.711. The number of carbonyl (C=O) groups is 1. The molecule has 0 radical (unpaired) electrons. The van der Waals surface area contributed by atoms with E-state index in [-0.39, 0.29) is 16.9 Å². The molecule has 2 aromatic carbocycles. The second kappa shape index (κ2) is 8.86. The van der Waals surface area contributed by atoms with E-state index in [9.17, 15) is 13.2 Å². The van der Waals surface area contributed by atoms with Crippen molar-refractivity contribution in [2.45, 2.75) is 17.7 Å². The van der Waals surface area contributed by atoms with Gasteiger partial charge in [0.15, 0.2) is 0 Å². The van der Waals surface area contributed by atoms with Crippen LogP contribution < -0.4 is 9.46 Å². The van der Waals surface area contributed by atoms with Crippen LogP contribution in [0, 0.1) is 5.92 Å². The first-order chi connectivity index (χ1) is 12.9. The van der Waals surface area contributed by atoms with E-state index >= 15 is 0 Å². The number of likely N-dealkylation sites (tertiary alicyclic amines) is 1. The molecular formula is C19H21BrN2O4S. The van der Waals surface area contributed by atoms with Gasteiger partial charge in [-0.1, -0.05) is 34.1 Å². The van der Waals surface area contributed by atoms with Gasteiger partial charge in [0.2, 0.25) is 10.0 Å². The third-order valence-corrected chi connectivity index (χ3v) is 6.48. The van der Waals surface area contributed by atoms with Gasteiger partial charge in [0, 0.05) is 24.1 Å². The van der Waals surface area contributed by atoms with Crippen molar-refractivity contribution in [3.63, 3.8) is 0 Å². The van der Waals surface area contributed by atoms with Crippen molar-refractivity contribution < 1.29 is 17.9 Å². The van der Waals surface area contributed by atoms with E-state index in [0.717, 1.165) is 17.3 Å². The van der Waals surface area contributed by atoms with E-state index in [2.05, 4.69) is 20.7 Å². The van der Waals surface area contributed by atoms with Crippen molar-refractivity contribution in [1.82, 2.24) is 9.62 Å². The van der Waals surface area contributed by atoms with Gasteiger partial charge in [0.25, 0.3) is 0 Å². The third-order valence-electron chi connectivity index (χ3n) is 4.51. The Morgan fingerprint density at radius 3 is 2.33 bits per heavy atom. The van der Waals surface area contributed by atoms with Crippen LogP contribution in [-0.4, -0.2) is 39.0 Å². The predicted octanol–water partition coefficient (Wildman–Crippen LogP) is 3.64. The summed E-state index contributed by atoms with van der Waals surface area (Å²) in [7, 11) is -3.52. The van der Waals surface area contributed by atoms with Crippen molar-refractivity contribution in [1.29, 1.82) is 0 Å². The molecule has 0 atom stereocenters. The molecule has 0 unspecified atom stereocenters. The van der Waals surface area contributed by atoms with Crippen LogP contribution in [0.2, 0.25) is 0 Å². The van der Waals surface area contributed by atoms with Gasteiger partial charge in [-0.2, -0.15) is 0 Å². The molecule has 1 aliphatic heterocycles.